The van der Waals surface area contributed by atoms with Gasteiger partial charge in [0.1, 0.15) is 17.9 Å². The second kappa shape index (κ2) is 7.44. The summed E-state index contributed by atoms with van der Waals surface area (Å²) in [5.41, 5.74) is 0.244. The third kappa shape index (κ3) is 3.42. The second-order valence-electron chi connectivity index (χ2n) is 6.25. The van der Waals surface area contributed by atoms with E-state index in [2.05, 4.69) is 10.3 Å². The Bertz CT molecular complexity index is 1210. The average molecular weight is 426 g/mol. The number of halogens is 1. The molecule has 0 aliphatic carbocycles. The van der Waals surface area contributed by atoms with E-state index in [0.717, 1.165) is 17.4 Å². The summed E-state index contributed by atoms with van der Waals surface area (Å²) in [7, 11) is 0. The lowest BCUT2D eigenvalue weighted by Crippen LogP contribution is -2.37. The van der Waals surface area contributed by atoms with Crippen LogP contribution in [-0.2, 0) is 4.79 Å². The van der Waals surface area contributed by atoms with Crippen LogP contribution in [0.25, 0.3) is 11.3 Å². The Morgan fingerprint density at radius 2 is 1.90 bits per heavy atom. The van der Waals surface area contributed by atoms with E-state index in [9.17, 15) is 28.9 Å². The molecule has 0 atom stereocenters. The normalized spacial score (nSPS) is 12.8. The van der Waals surface area contributed by atoms with E-state index in [4.69, 9.17) is 0 Å². The Hall–Kier alpha value is -3.99. The SMILES string of the molecule is O=C(CN1C(=O)c2cccc([N+](=O)[O-])c2C1=O)Nc1nc(-c2ccc(F)cc2)cs1. The smallest absolute Gasteiger partial charge is 0.282 e. The maximum absolute atomic E-state index is 13.0. The van der Waals surface area contributed by atoms with E-state index in [0.29, 0.717) is 16.2 Å². The summed E-state index contributed by atoms with van der Waals surface area (Å²) in [5.74, 6) is -2.75. The van der Waals surface area contributed by atoms with Crippen LogP contribution in [0.5, 0.6) is 0 Å². The number of hydrogen-bond donors (Lipinski definition) is 1. The molecule has 1 aliphatic rings. The van der Waals surface area contributed by atoms with Crippen LogP contribution in [0.1, 0.15) is 20.7 Å². The van der Waals surface area contributed by atoms with Crippen molar-refractivity contribution < 1.29 is 23.7 Å². The predicted molar refractivity (Wildman–Crippen MR) is 105 cm³/mol. The number of aromatic nitrogens is 1. The van der Waals surface area contributed by atoms with Crippen LogP contribution in [0, 0.1) is 15.9 Å². The van der Waals surface area contributed by atoms with Crippen molar-refractivity contribution in [3.8, 4) is 11.3 Å². The van der Waals surface area contributed by atoms with Gasteiger partial charge in [0.2, 0.25) is 5.91 Å². The van der Waals surface area contributed by atoms with Crippen LogP contribution in [-0.4, -0.2) is 39.1 Å². The Morgan fingerprint density at radius 1 is 1.17 bits per heavy atom. The highest BCUT2D eigenvalue weighted by atomic mass is 32.1. The van der Waals surface area contributed by atoms with Crippen molar-refractivity contribution in [1.29, 1.82) is 0 Å². The van der Waals surface area contributed by atoms with Crippen molar-refractivity contribution in [3.05, 3.63) is 74.9 Å². The van der Waals surface area contributed by atoms with E-state index in [1.807, 2.05) is 0 Å². The fourth-order valence-corrected chi connectivity index (χ4v) is 3.73. The molecular weight excluding hydrogens is 415 g/mol. The number of nitro groups is 1. The molecule has 0 saturated heterocycles. The molecule has 30 heavy (non-hydrogen) atoms. The van der Waals surface area contributed by atoms with Gasteiger partial charge in [-0.2, -0.15) is 0 Å². The molecule has 0 bridgehead atoms. The molecule has 1 aromatic heterocycles. The topological polar surface area (TPSA) is 123 Å². The number of fused-ring (bicyclic) bond motifs is 1. The molecule has 0 spiro atoms. The van der Waals surface area contributed by atoms with Gasteiger partial charge < -0.3 is 5.32 Å². The third-order valence-corrected chi connectivity index (χ3v) is 5.12. The molecule has 0 fully saturated rings. The first-order valence-corrected chi connectivity index (χ1v) is 9.38. The number of carbonyl (C=O) groups excluding carboxylic acids is 3. The van der Waals surface area contributed by atoms with Crippen LogP contribution in [0.2, 0.25) is 0 Å². The number of hydrogen-bond acceptors (Lipinski definition) is 7. The minimum Gasteiger partial charge on any atom is -0.300 e. The van der Waals surface area contributed by atoms with Gasteiger partial charge in [-0.25, -0.2) is 9.37 Å². The molecule has 9 nitrogen and oxygen atoms in total. The summed E-state index contributed by atoms with van der Waals surface area (Å²) >= 11 is 1.12. The Labute approximate surface area is 171 Å². The highest BCUT2D eigenvalue weighted by Gasteiger charge is 2.41. The first-order chi connectivity index (χ1) is 14.3. The first kappa shape index (κ1) is 19.3. The first-order valence-electron chi connectivity index (χ1n) is 8.50. The van der Waals surface area contributed by atoms with Gasteiger partial charge >= 0.3 is 0 Å². The number of amides is 3. The summed E-state index contributed by atoms with van der Waals surface area (Å²) in [6, 6.07) is 9.39. The van der Waals surface area contributed by atoms with Crippen LogP contribution in [0.4, 0.5) is 15.2 Å². The average Bonchev–Trinajstić information content (AvgIpc) is 3.27. The van der Waals surface area contributed by atoms with E-state index in [-0.39, 0.29) is 22.1 Å². The maximum atomic E-state index is 13.0. The van der Waals surface area contributed by atoms with Crippen LogP contribution >= 0.6 is 11.3 Å². The van der Waals surface area contributed by atoms with Gasteiger partial charge in [-0.15, -0.1) is 11.3 Å². The summed E-state index contributed by atoms with van der Waals surface area (Å²) in [6.07, 6.45) is 0. The van der Waals surface area contributed by atoms with E-state index in [1.165, 1.54) is 24.3 Å². The maximum Gasteiger partial charge on any atom is 0.282 e. The predicted octanol–water partition coefficient (Wildman–Crippen LogP) is 3.09. The molecule has 0 saturated carbocycles. The number of rotatable bonds is 5. The zero-order chi connectivity index (χ0) is 21.4. The standard InChI is InChI=1S/C19H11FN4O5S/c20-11-6-4-10(5-7-11)13-9-30-19(21-13)22-15(25)8-23-17(26)12-2-1-3-14(24(28)29)16(12)18(23)27/h1-7,9H,8H2,(H,21,22,25). The monoisotopic (exact) mass is 426 g/mol. The van der Waals surface area contributed by atoms with Crippen molar-refractivity contribution in [2.75, 3.05) is 11.9 Å². The van der Waals surface area contributed by atoms with Gasteiger partial charge in [0.25, 0.3) is 17.5 Å². The van der Waals surface area contributed by atoms with Gasteiger partial charge in [0.15, 0.2) is 5.13 Å². The molecule has 2 heterocycles. The lowest BCUT2D eigenvalue weighted by atomic mass is 10.1. The van der Waals surface area contributed by atoms with Gasteiger partial charge in [-0.3, -0.25) is 29.4 Å². The van der Waals surface area contributed by atoms with Crippen molar-refractivity contribution in [1.82, 2.24) is 9.88 Å². The Balaban J connectivity index is 1.48. The molecule has 4 rings (SSSR count). The van der Waals surface area contributed by atoms with Crippen molar-refractivity contribution in [3.63, 3.8) is 0 Å². The number of benzene rings is 2. The van der Waals surface area contributed by atoms with E-state index >= 15 is 0 Å². The fraction of sp³-hybridized carbons (Fsp3) is 0.0526. The van der Waals surface area contributed by atoms with Crippen LogP contribution in [0.15, 0.2) is 47.8 Å². The molecule has 3 amide bonds. The molecule has 0 unspecified atom stereocenters. The quantitative estimate of drug-likeness (QED) is 0.380. The lowest BCUT2D eigenvalue weighted by molar-refractivity contribution is -0.385. The minimum absolute atomic E-state index is 0.116. The van der Waals surface area contributed by atoms with Gasteiger partial charge in [-0.1, -0.05) is 6.07 Å². The van der Waals surface area contributed by atoms with Crippen molar-refractivity contribution in [2.45, 2.75) is 0 Å². The van der Waals surface area contributed by atoms with E-state index < -0.39 is 34.9 Å². The number of anilines is 1. The highest BCUT2D eigenvalue weighted by Crippen LogP contribution is 2.31. The molecule has 1 aliphatic heterocycles. The molecule has 150 valence electrons. The summed E-state index contributed by atoms with van der Waals surface area (Å²) in [5, 5.41) is 15.5. The van der Waals surface area contributed by atoms with Crippen LogP contribution < -0.4 is 5.32 Å². The van der Waals surface area contributed by atoms with Crippen molar-refractivity contribution in [2.24, 2.45) is 0 Å². The number of thiazole rings is 1. The largest absolute Gasteiger partial charge is 0.300 e. The zero-order valence-electron chi connectivity index (χ0n) is 15.0. The number of nitro benzene ring substituents is 1. The van der Waals surface area contributed by atoms with Gasteiger partial charge in [-0.05, 0) is 30.3 Å². The molecule has 1 N–H and O–H groups in total. The lowest BCUT2D eigenvalue weighted by Gasteiger charge is -2.12. The summed E-state index contributed by atoms with van der Waals surface area (Å²) in [6.45, 7) is -0.616. The van der Waals surface area contributed by atoms with Gasteiger partial charge in [0.05, 0.1) is 16.2 Å². The molecule has 2 aromatic carbocycles. The number of carbonyl (C=O) groups is 3. The number of nitrogens with zero attached hydrogens (tertiary/aromatic N) is 3. The Kier molecular flexibility index (Phi) is 4.80. The minimum atomic E-state index is -0.899. The third-order valence-electron chi connectivity index (χ3n) is 4.37. The second-order valence-corrected chi connectivity index (χ2v) is 7.10. The number of nitrogens with one attached hydrogen (secondary N) is 1. The molecular formula is C19H11FN4O5S. The number of imide groups is 1. The van der Waals surface area contributed by atoms with Gasteiger partial charge in [0, 0.05) is 17.0 Å². The summed E-state index contributed by atoms with van der Waals surface area (Å²) in [4.78, 5) is 52.6. The Morgan fingerprint density at radius 3 is 2.60 bits per heavy atom. The van der Waals surface area contributed by atoms with Crippen molar-refractivity contribution >= 4 is 39.9 Å². The van der Waals surface area contributed by atoms with E-state index in [1.54, 1.807) is 17.5 Å². The molecule has 0 radical (unpaired) electrons. The zero-order valence-corrected chi connectivity index (χ0v) is 15.8. The fourth-order valence-electron chi connectivity index (χ4n) is 3.00. The molecule has 3 aromatic rings. The highest BCUT2D eigenvalue weighted by molar-refractivity contribution is 7.14. The summed E-state index contributed by atoms with van der Waals surface area (Å²) < 4.78 is 13.0. The van der Waals surface area contributed by atoms with Crippen LogP contribution in [0.3, 0.4) is 0 Å². The molecule has 11 heteroatoms.